The van der Waals surface area contributed by atoms with Gasteiger partial charge in [0.15, 0.2) is 0 Å². The van der Waals surface area contributed by atoms with Crippen LogP contribution in [0.5, 0.6) is 0 Å². The number of rotatable bonds is 6. The van der Waals surface area contributed by atoms with Crippen LogP contribution in [0.3, 0.4) is 0 Å². The Labute approximate surface area is 74.4 Å². The van der Waals surface area contributed by atoms with E-state index in [2.05, 4.69) is 13.6 Å². The Morgan fingerprint density at radius 3 is 2.50 bits per heavy atom. The van der Waals surface area contributed by atoms with E-state index in [4.69, 9.17) is 11.2 Å². The van der Waals surface area contributed by atoms with Gasteiger partial charge in [-0.25, -0.2) is 0 Å². The molecule has 0 aliphatic heterocycles. The highest BCUT2D eigenvalue weighted by Crippen LogP contribution is 2.50. The van der Waals surface area contributed by atoms with Crippen LogP contribution in [-0.4, -0.2) is 12.4 Å². The Kier molecular flexibility index (Phi) is 9.04. The molecule has 0 saturated heterocycles. The first-order valence-electron chi connectivity index (χ1n) is 3.79. The van der Waals surface area contributed by atoms with Gasteiger partial charge in [-0.05, 0) is 18.8 Å². The topological polar surface area (TPSA) is 0 Å². The predicted molar refractivity (Wildman–Crippen MR) is 55.3 cm³/mol. The van der Waals surface area contributed by atoms with Gasteiger partial charge in [-0.2, -0.15) is 0 Å². The molecule has 3 heteroatoms. The van der Waals surface area contributed by atoms with E-state index in [9.17, 15) is 0 Å². The van der Waals surface area contributed by atoms with Crippen molar-refractivity contribution in [3.63, 3.8) is 0 Å². The monoisotopic (exact) mass is 198 g/mol. The SMILES string of the molecule is CCCCCCSP(C)Cl. The summed E-state index contributed by atoms with van der Waals surface area (Å²) in [6.45, 7) is 4.10. The molecule has 1 atom stereocenters. The maximum atomic E-state index is 5.82. The fourth-order valence-corrected chi connectivity index (χ4v) is 3.07. The van der Waals surface area contributed by atoms with Crippen molar-refractivity contribution < 1.29 is 0 Å². The number of halogens is 1. The molecule has 10 heavy (non-hydrogen) atoms. The van der Waals surface area contributed by atoms with Crippen molar-refractivity contribution in [2.75, 3.05) is 12.4 Å². The molecular weight excluding hydrogens is 183 g/mol. The summed E-state index contributed by atoms with van der Waals surface area (Å²) in [5.74, 6) is 1.26. The highest BCUT2D eigenvalue weighted by atomic mass is 35.7. The zero-order valence-electron chi connectivity index (χ0n) is 6.77. The lowest BCUT2D eigenvalue weighted by Gasteiger charge is -2.00. The molecule has 0 aliphatic rings. The van der Waals surface area contributed by atoms with E-state index >= 15 is 0 Å². The normalized spacial score (nSPS) is 13.5. The second-order valence-electron chi connectivity index (χ2n) is 2.31. The molecule has 0 bridgehead atoms. The van der Waals surface area contributed by atoms with Gasteiger partial charge in [0.05, 0.1) is 0 Å². The van der Waals surface area contributed by atoms with Crippen LogP contribution in [0.2, 0.25) is 0 Å². The first-order valence-corrected chi connectivity index (χ1v) is 8.08. The minimum absolute atomic E-state index is 0.232. The van der Waals surface area contributed by atoms with Crippen LogP contribution in [0.4, 0.5) is 0 Å². The minimum Gasteiger partial charge on any atom is -0.118 e. The fraction of sp³-hybridized carbons (Fsp3) is 1.00. The molecule has 0 heterocycles. The van der Waals surface area contributed by atoms with Gasteiger partial charge in [-0.15, -0.1) is 11.4 Å². The Balaban J connectivity index is 2.77. The molecule has 0 nitrogen and oxygen atoms in total. The van der Waals surface area contributed by atoms with Crippen LogP contribution in [0.1, 0.15) is 32.6 Å². The summed E-state index contributed by atoms with van der Waals surface area (Å²) in [5, 5.41) is 0. The minimum atomic E-state index is -0.232. The smallest absolute Gasteiger partial charge is 0.0461 e. The van der Waals surface area contributed by atoms with Crippen molar-refractivity contribution in [1.82, 2.24) is 0 Å². The van der Waals surface area contributed by atoms with E-state index in [1.165, 1.54) is 31.4 Å². The number of hydrogen-bond donors (Lipinski definition) is 0. The van der Waals surface area contributed by atoms with Gasteiger partial charge >= 0.3 is 0 Å². The third-order valence-corrected chi connectivity index (χ3v) is 4.59. The number of hydrogen-bond acceptors (Lipinski definition) is 1. The highest BCUT2D eigenvalue weighted by Gasteiger charge is 1.94. The third kappa shape index (κ3) is 9.07. The van der Waals surface area contributed by atoms with Crippen LogP contribution in [0, 0.1) is 0 Å². The van der Waals surface area contributed by atoms with E-state index < -0.39 is 0 Å². The van der Waals surface area contributed by atoms with Crippen molar-refractivity contribution in [3.05, 3.63) is 0 Å². The quantitative estimate of drug-likeness (QED) is 0.448. The molecule has 0 aromatic carbocycles. The first-order chi connectivity index (χ1) is 4.77. The fourth-order valence-electron chi connectivity index (χ4n) is 0.719. The Morgan fingerprint density at radius 2 is 2.00 bits per heavy atom. The van der Waals surface area contributed by atoms with Crippen molar-refractivity contribution in [3.8, 4) is 0 Å². The van der Waals surface area contributed by atoms with Gasteiger partial charge in [0.1, 0.15) is 0 Å². The van der Waals surface area contributed by atoms with E-state index in [-0.39, 0.29) is 6.48 Å². The maximum Gasteiger partial charge on any atom is 0.0461 e. The summed E-state index contributed by atoms with van der Waals surface area (Å²) in [6.07, 6.45) is 5.43. The van der Waals surface area contributed by atoms with Crippen LogP contribution < -0.4 is 0 Å². The van der Waals surface area contributed by atoms with Gasteiger partial charge in [0.2, 0.25) is 0 Å². The predicted octanol–water partition coefficient (Wildman–Crippen LogP) is 4.48. The zero-order chi connectivity index (χ0) is 7.82. The van der Waals surface area contributed by atoms with Crippen LogP contribution in [0.25, 0.3) is 0 Å². The molecule has 0 fully saturated rings. The maximum absolute atomic E-state index is 5.82. The largest absolute Gasteiger partial charge is 0.118 e. The van der Waals surface area contributed by atoms with Crippen molar-refractivity contribution >= 4 is 29.1 Å². The molecule has 1 unspecified atom stereocenters. The molecule has 0 aliphatic carbocycles. The Bertz CT molecular complexity index is 68.6. The van der Waals surface area contributed by atoms with E-state index in [1.807, 2.05) is 11.4 Å². The molecule has 0 aromatic rings. The third-order valence-electron chi connectivity index (χ3n) is 1.27. The lowest BCUT2D eigenvalue weighted by Crippen LogP contribution is -1.77. The average Bonchev–Trinajstić information content (AvgIpc) is 1.87. The summed E-state index contributed by atoms with van der Waals surface area (Å²) in [6, 6.07) is 0. The van der Waals surface area contributed by atoms with Crippen LogP contribution >= 0.6 is 29.1 Å². The molecule has 0 radical (unpaired) electrons. The van der Waals surface area contributed by atoms with E-state index in [1.54, 1.807) is 0 Å². The molecule has 0 saturated carbocycles. The second kappa shape index (κ2) is 8.17. The Morgan fingerprint density at radius 1 is 1.30 bits per heavy atom. The lowest BCUT2D eigenvalue weighted by atomic mass is 10.2. The van der Waals surface area contributed by atoms with Crippen molar-refractivity contribution in [1.29, 1.82) is 0 Å². The lowest BCUT2D eigenvalue weighted by molar-refractivity contribution is 0.707. The van der Waals surface area contributed by atoms with Crippen molar-refractivity contribution in [2.45, 2.75) is 32.6 Å². The van der Waals surface area contributed by atoms with Gasteiger partial charge in [-0.3, -0.25) is 0 Å². The van der Waals surface area contributed by atoms with Crippen LogP contribution in [-0.2, 0) is 0 Å². The van der Waals surface area contributed by atoms with E-state index in [0.717, 1.165) is 0 Å². The zero-order valence-corrected chi connectivity index (χ0v) is 9.24. The molecule has 0 N–H and O–H groups in total. The molecule has 0 aromatic heterocycles. The summed E-state index contributed by atoms with van der Waals surface area (Å²) in [5.41, 5.74) is 0. The molecular formula is C7H16ClPS. The Hall–Kier alpha value is 1.07. The summed E-state index contributed by atoms with van der Waals surface area (Å²) >= 11 is 7.73. The van der Waals surface area contributed by atoms with E-state index in [0.29, 0.717) is 0 Å². The van der Waals surface area contributed by atoms with Gasteiger partial charge < -0.3 is 0 Å². The first kappa shape index (κ1) is 11.1. The number of unbranched alkanes of at least 4 members (excludes halogenated alkanes) is 3. The average molecular weight is 199 g/mol. The molecule has 0 rings (SSSR count). The molecule has 62 valence electrons. The van der Waals surface area contributed by atoms with Gasteiger partial charge in [-0.1, -0.05) is 37.4 Å². The second-order valence-corrected chi connectivity index (χ2v) is 8.36. The highest BCUT2D eigenvalue weighted by molar-refractivity contribution is 8.62. The molecule has 0 amide bonds. The summed E-state index contributed by atoms with van der Waals surface area (Å²) in [4.78, 5) is 0. The summed E-state index contributed by atoms with van der Waals surface area (Å²) < 4.78 is 0. The standard InChI is InChI=1S/C7H16ClPS/c1-3-4-5-6-7-10-9(2)8/h3-7H2,1-2H3. The van der Waals surface area contributed by atoms with Gasteiger partial charge in [0, 0.05) is 6.48 Å². The van der Waals surface area contributed by atoms with Crippen molar-refractivity contribution in [2.24, 2.45) is 0 Å². The summed E-state index contributed by atoms with van der Waals surface area (Å²) in [7, 11) is 0. The van der Waals surface area contributed by atoms with Gasteiger partial charge in [0.25, 0.3) is 0 Å². The molecule has 0 spiro atoms. The van der Waals surface area contributed by atoms with Crippen LogP contribution in [0.15, 0.2) is 0 Å².